The number of rotatable bonds is 5. The molecule has 0 radical (unpaired) electrons. The number of aryl methyl sites for hydroxylation is 2. The lowest BCUT2D eigenvalue weighted by Gasteiger charge is -2.36. The normalized spacial score (nSPS) is 14.1. The van der Waals surface area contributed by atoms with Crippen molar-refractivity contribution in [3.8, 4) is 11.3 Å². The van der Waals surface area contributed by atoms with Gasteiger partial charge in [0.15, 0.2) is 5.82 Å². The van der Waals surface area contributed by atoms with Crippen LogP contribution in [0.3, 0.4) is 0 Å². The van der Waals surface area contributed by atoms with E-state index in [1.807, 2.05) is 19.9 Å². The van der Waals surface area contributed by atoms with Crippen molar-refractivity contribution in [1.82, 2.24) is 30.0 Å². The topological polar surface area (TPSA) is 131 Å². The van der Waals surface area contributed by atoms with Crippen molar-refractivity contribution >= 4 is 29.0 Å². The predicted octanol–water partition coefficient (Wildman–Crippen LogP) is 3.43. The van der Waals surface area contributed by atoms with Gasteiger partial charge in [-0.05, 0) is 71.1 Å². The van der Waals surface area contributed by atoms with Crippen LogP contribution in [0.2, 0.25) is 0 Å². The van der Waals surface area contributed by atoms with Gasteiger partial charge < -0.3 is 19.9 Å². The van der Waals surface area contributed by atoms with E-state index in [0.29, 0.717) is 17.4 Å². The average Bonchev–Trinajstić information content (AvgIpc) is 3.46. The summed E-state index contributed by atoms with van der Waals surface area (Å²) in [6.45, 7) is 5.68. The second kappa shape index (κ2) is 10.7. The molecule has 1 saturated heterocycles. The smallest absolute Gasteiger partial charge is 0.290 e. The second-order valence-corrected chi connectivity index (χ2v) is 9.14. The number of hydrogen-bond donors (Lipinski definition) is 3. The summed E-state index contributed by atoms with van der Waals surface area (Å²) in [6, 6.07) is 10.4. The Bertz CT molecular complexity index is 1350. The molecule has 0 unspecified atom stereocenters. The highest BCUT2D eigenvalue weighted by atomic mass is 16.3. The molecule has 1 aromatic carbocycles. The molecular formula is C26H31N7O3. The van der Waals surface area contributed by atoms with Crippen molar-refractivity contribution in [2.75, 3.05) is 32.1 Å². The quantitative estimate of drug-likeness (QED) is 0.287. The summed E-state index contributed by atoms with van der Waals surface area (Å²) in [6.07, 6.45) is 3.96. The molecule has 4 heterocycles. The van der Waals surface area contributed by atoms with Crippen LogP contribution >= 0.6 is 0 Å². The highest BCUT2D eigenvalue weighted by molar-refractivity contribution is 6.08. The molecule has 5 rings (SSSR count). The Morgan fingerprint density at radius 3 is 2.53 bits per heavy atom. The van der Waals surface area contributed by atoms with Crippen molar-refractivity contribution < 1.29 is 14.7 Å². The van der Waals surface area contributed by atoms with Gasteiger partial charge in [0, 0.05) is 47.8 Å². The fourth-order valence-electron chi connectivity index (χ4n) is 4.72. The van der Waals surface area contributed by atoms with Crippen molar-refractivity contribution in [2.24, 2.45) is 0 Å². The predicted molar refractivity (Wildman–Crippen MR) is 138 cm³/mol. The second-order valence-electron chi connectivity index (χ2n) is 9.14. The highest BCUT2D eigenvalue weighted by Crippen LogP contribution is 2.27. The van der Waals surface area contributed by atoms with Crippen LogP contribution in [-0.2, 0) is 4.79 Å². The number of anilines is 1. The molecule has 10 nitrogen and oxygen atoms in total. The Labute approximate surface area is 209 Å². The maximum atomic E-state index is 13.2. The number of hydrogen-bond acceptors (Lipinski definition) is 7. The Morgan fingerprint density at radius 1 is 1.17 bits per heavy atom. The first-order valence-electron chi connectivity index (χ1n) is 11.8. The summed E-state index contributed by atoms with van der Waals surface area (Å²) in [4.78, 5) is 38.6. The monoisotopic (exact) mass is 489 g/mol. The zero-order chi connectivity index (χ0) is 25.8. The van der Waals surface area contributed by atoms with Crippen molar-refractivity contribution in [2.45, 2.75) is 32.7 Å². The van der Waals surface area contributed by atoms with Crippen molar-refractivity contribution in [1.29, 1.82) is 0 Å². The Balaban J connectivity index is 0.000000967. The highest BCUT2D eigenvalue weighted by Gasteiger charge is 2.22. The van der Waals surface area contributed by atoms with Gasteiger partial charge in [-0.1, -0.05) is 0 Å². The van der Waals surface area contributed by atoms with Gasteiger partial charge in [-0.2, -0.15) is 5.10 Å². The first-order valence-corrected chi connectivity index (χ1v) is 11.8. The number of piperidine rings is 1. The summed E-state index contributed by atoms with van der Waals surface area (Å²) in [7, 11) is 4.30. The fourth-order valence-corrected chi connectivity index (χ4v) is 4.72. The number of carbonyl (C=O) groups excluding carboxylic acids is 1. The molecule has 4 aromatic rings. The van der Waals surface area contributed by atoms with Gasteiger partial charge in [-0.15, -0.1) is 0 Å². The van der Waals surface area contributed by atoms with Crippen molar-refractivity contribution in [3.63, 3.8) is 0 Å². The van der Waals surface area contributed by atoms with Gasteiger partial charge in [-0.25, -0.2) is 4.98 Å². The molecule has 0 aliphatic carbocycles. The average molecular weight is 490 g/mol. The molecular weight excluding hydrogens is 458 g/mol. The van der Waals surface area contributed by atoms with E-state index < -0.39 is 0 Å². The lowest BCUT2D eigenvalue weighted by Crippen LogP contribution is -2.41. The van der Waals surface area contributed by atoms with Gasteiger partial charge in [-0.3, -0.25) is 19.7 Å². The zero-order valence-corrected chi connectivity index (χ0v) is 20.9. The first-order chi connectivity index (χ1) is 17.3. The van der Waals surface area contributed by atoms with Crippen LogP contribution in [0.25, 0.3) is 22.3 Å². The van der Waals surface area contributed by atoms with E-state index in [9.17, 15) is 4.79 Å². The third kappa shape index (κ3) is 5.13. The van der Waals surface area contributed by atoms with Crippen molar-refractivity contribution in [3.05, 3.63) is 59.3 Å². The number of H-pyrrole nitrogens is 2. The van der Waals surface area contributed by atoms with Gasteiger partial charge in [0.25, 0.3) is 6.47 Å². The lowest BCUT2D eigenvalue weighted by molar-refractivity contribution is -0.122. The van der Waals surface area contributed by atoms with Crippen LogP contribution in [0.1, 0.15) is 40.4 Å². The van der Waals surface area contributed by atoms with Gasteiger partial charge in [0.1, 0.15) is 0 Å². The number of pyridine rings is 1. The van der Waals surface area contributed by atoms with Gasteiger partial charge >= 0.3 is 0 Å². The molecule has 1 aliphatic rings. The molecule has 0 amide bonds. The molecule has 0 bridgehead atoms. The lowest BCUT2D eigenvalue weighted by atomic mass is 10.0. The summed E-state index contributed by atoms with van der Waals surface area (Å²) >= 11 is 0. The molecule has 0 atom stereocenters. The minimum absolute atomic E-state index is 0.151. The third-order valence-corrected chi connectivity index (χ3v) is 6.65. The molecule has 3 aromatic heterocycles. The van der Waals surface area contributed by atoms with E-state index >= 15 is 0 Å². The number of ketones is 1. The standard InChI is InChI=1S/C25H29N7O.CH2O2/c1-15-23(16(2)30-29-15)22-13-17(7-10-26-22)24(33)25-27-20-6-5-19(14-21(20)28-25)32-11-8-18(9-12-32)31(3)4;2-1-3/h5-7,10,13-14,18H,8-9,11-12H2,1-4H3,(H,27,28)(H,29,30);1H,(H,2,3). The van der Waals surface area contributed by atoms with Gasteiger partial charge in [0.2, 0.25) is 5.78 Å². The Kier molecular flexibility index (Phi) is 7.44. The molecule has 188 valence electrons. The SMILES string of the molecule is Cc1n[nH]c(C)c1-c1cc(C(=O)c2nc3ccc(N4CCC(N(C)C)CC4)cc3[nH]2)ccn1.O=CO. The van der Waals surface area contributed by atoms with Crippen LogP contribution < -0.4 is 4.90 Å². The van der Waals surface area contributed by atoms with E-state index in [-0.39, 0.29) is 12.3 Å². The number of fused-ring (bicyclic) bond motifs is 1. The number of carbonyl (C=O) groups is 2. The van der Waals surface area contributed by atoms with E-state index in [0.717, 1.165) is 59.6 Å². The number of aromatic nitrogens is 5. The number of nitrogens with zero attached hydrogens (tertiary/aromatic N) is 5. The summed E-state index contributed by atoms with van der Waals surface area (Å²) < 4.78 is 0. The van der Waals surface area contributed by atoms with Gasteiger partial charge in [0.05, 0.1) is 22.4 Å². The number of imidazole rings is 1. The Morgan fingerprint density at radius 2 is 1.89 bits per heavy atom. The summed E-state index contributed by atoms with van der Waals surface area (Å²) in [5, 5.41) is 14.1. The van der Waals surface area contributed by atoms with E-state index in [2.05, 4.69) is 61.2 Å². The molecule has 1 fully saturated rings. The maximum absolute atomic E-state index is 13.2. The molecule has 0 saturated carbocycles. The summed E-state index contributed by atoms with van der Waals surface area (Å²) in [5.41, 5.74) is 6.82. The summed E-state index contributed by atoms with van der Waals surface area (Å²) in [5.74, 6) is 0.188. The van der Waals surface area contributed by atoms with Crippen LogP contribution in [0.4, 0.5) is 5.69 Å². The third-order valence-electron chi connectivity index (χ3n) is 6.65. The molecule has 1 aliphatic heterocycles. The molecule has 0 spiro atoms. The molecule has 3 N–H and O–H groups in total. The van der Waals surface area contributed by atoms with Crippen LogP contribution in [0.5, 0.6) is 0 Å². The number of aromatic amines is 2. The van der Waals surface area contributed by atoms with E-state index in [1.165, 1.54) is 5.69 Å². The molecule has 10 heteroatoms. The maximum Gasteiger partial charge on any atom is 0.290 e. The van der Waals surface area contributed by atoms with Crippen LogP contribution in [0, 0.1) is 13.8 Å². The Hall–Kier alpha value is -4.05. The fraction of sp³-hybridized carbons (Fsp3) is 0.346. The first kappa shape index (κ1) is 25.1. The minimum Gasteiger partial charge on any atom is -0.483 e. The molecule has 36 heavy (non-hydrogen) atoms. The van der Waals surface area contributed by atoms with E-state index in [1.54, 1.807) is 18.3 Å². The van der Waals surface area contributed by atoms with Crippen LogP contribution in [0.15, 0.2) is 36.5 Å². The number of benzene rings is 1. The van der Waals surface area contributed by atoms with E-state index in [4.69, 9.17) is 9.90 Å². The largest absolute Gasteiger partial charge is 0.483 e. The van der Waals surface area contributed by atoms with Crippen LogP contribution in [-0.4, -0.2) is 80.6 Å². The number of nitrogens with one attached hydrogen (secondary N) is 2. The zero-order valence-electron chi connectivity index (χ0n) is 20.9. The minimum atomic E-state index is -0.250. The number of carboxylic acid groups (broad SMARTS) is 1.